The topological polar surface area (TPSA) is 103 Å². The average molecular weight is 513 g/mol. The molecule has 0 saturated heterocycles. The molecule has 1 N–H and O–H groups in total. The number of benzene rings is 3. The molecule has 0 aliphatic heterocycles. The predicted octanol–water partition coefficient (Wildman–Crippen LogP) is 4.41. The van der Waals surface area contributed by atoms with Gasteiger partial charge in [-0.15, -0.1) is 0 Å². The van der Waals surface area contributed by atoms with Crippen molar-refractivity contribution < 1.29 is 27.0 Å². The third-order valence-electron chi connectivity index (χ3n) is 5.46. The van der Waals surface area contributed by atoms with E-state index in [1.807, 2.05) is 30.3 Å². The molecule has 0 bridgehead atoms. The summed E-state index contributed by atoms with van der Waals surface area (Å²) in [6.07, 6.45) is 1.83. The average Bonchev–Trinajstić information content (AvgIpc) is 2.88. The number of ether oxygens (including phenoxy) is 3. The van der Waals surface area contributed by atoms with E-state index in [-0.39, 0.29) is 23.9 Å². The van der Waals surface area contributed by atoms with Crippen molar-refractivity contribution in [1.82, 2.24) is 14.3 Å². The molecule has 36 heavy (non-hydrogen) atoms. The van der Waals surface area contributed by atoms with Crippen LogP contribution in [0.1, 0.15) is 5.56 Å². The van der Waals surface area contributed by atoms with E-state index in [0.29, 0.717) is 28.8 Å². The van der Waals surface area contributed by atoms with E-state index in [0.717, 1.165) is 11.6 Å². The zero-order valence-electron chi connectivity index (χ0n) is 19.9. The van der Waals surface area contributed by atoms with Gasteiger partial charge >= 0.3 is 10.2 Å². The van der Waals surface area contributed by atoms with E-state index in [1.165, 1.54) is 44.0 Å². The molecule has 4 aromatic rings. The molecule has 0 spiro atoms. The highest BCUT2D eigenvalue weighted by molar-refractivity contribution is 7.90. The number of nitrogens with one attached hydrogen (secondary N) is 1. The quantitative estimate of drug-likeness (QED) is 0.336. The summed E-state index contributed by atoms with van der Waals surface area (Å²) in [6.45, 7) is 0.262. The second-order valence-electron chi connectivity index (χ2n) is 7.81. The number of fused-ring (bicyclic) bond motifs is 1. The lowest BCUT2D eigenvalue weighted by Crippen LogP contribution is -2.34. The maximum Gasteiger partial charge on any atom is 0.301 e. The third-order valence-corrected chi connectivity index (χ3v) is 6.95. The van der Waals surface area contributed by atoms with Crippen LogP contribution in [0.3, 0.4) is 0 Å². The maximum absolute atomic E-state index is 14.9. The molecule has 0 atom stereocenters. The number of aromatic nitrogens is 2. The first-order chi connectivity index (χ1) is 17.3. The SMILES string of the molecule is COc1cc2ncnc(Oc3ccc(NS(=O)(=O)N(C)CCc4ccccc4)cc3F)c2cc1OC. The van der Waals surface area contributed by atoms with Crippen LogP contribution in [0.5, 0.6) is 23.1 Å². The first-order valence-corrected chi connectivity index (χ1v) is 12.4. The highest BCUT2D eigenvalue weighted by Crippen LogP contribution is 2.36. The van der Waals surface area contributed by atoms with Gasteiger partial charge in [0.25, 0.3) is 0 Å². The Bertz CT molecular complexity index is 1470. The Morgan fingerprint density at radius 3 is 2.36 bits per heavy atom. The van der Waals surface area contributed by atoms with Crippen molar-refractivity contribution in [2.24, 2.45) is 0 Å². The summed E-state index contributed by atoms with van der Waals surface area (Å²) in [4.78, 5) is 8.30. The van der Waals surface area contributed by atoms with Gasteiger partial charge in [-0.25, -0.2) is 14.4 Å². The first kappa shape index (κ1) is 25.1. The Morgan fingerprint density at radius 2 is 1.67 bits per heavy atom. The van der Waals surface area contributed by atoms with E-state index >= 15 is 0 Å². The Balaban J connectivity index is 1.50. The molecule has 9 nitrogen and oxygen atoms in total. The molecule has 1 aromatic heterocycles. The summed E-state index contributed by atoms with van der Waals surface area (Å²) in [5.74, 6) is 0.117. The van der Waals surface area contributed by atoms with Crippen LogP contribution in [-0.4, -0.2) is 50.5 Å². The summed E-state index contributed by atoms with van der Waals surface area (Å²) in [7, 11) is 0.576. The highest BCUT2D eigenvalue weighted by Gasteiger charge is 2.19. The van der Waals surface area contributed by atoms with Crippen LogP contribution in [0.15, 0.2) is 67.0 Å². The van der Waals surface area contributed by atoms with Gasteiger partial charge in [0.1, 0.15) is 6.33 Å². The van der Waals surface area contributed by atoms with Gasteiger partial charge in [-0.1, -0.05) is 30.3 Å². The minimum absolute atomic E-state index is 0.0605. The van der Waals surface area contributed by atoms with Crippen molar-refractivity contribution in [2.75, 3.05) is 32.5 Å². The van der Waals surface area contributed by atoms with Gasteiger partial charge in [-0.2, -0.15) is 12.7 Å². The van der Waals surface area contributed by atoms with Gasteiger partial charge in [0.05, 0.1) is 30.8 Å². The van der Waals surface area contributed by atoms with Crippen molar-refractivity contribution in [3.8, 4) is 23.1 Å². The molecule has 0 radical (unpaired) electrons. The fraction of sp³-hybridized carbons (Fsp3) is 0.200. The highest BCUT2D eigenvalue weighted by atomic mass is 32.2. The number of anilines is 1. The Morgan fingerprint density at radius 1 is 0.944 bits per heavy atom. The normalized spacial score (nSPS) is 11.5. The molecule has 188 valence electrons. The lowest BCUT2D eigenvalue weighted by atomic mass is 10.2. The van der Waals surface area contributed by atoms with Crippen LogP contribution in [0.25, 0.3) is 10.9 Å². The van der Waals surface area contributed by atoms with Crippen molar-refractivity contribution in [1.29, 1.82) is 0 Å². The summed E-state index contributed by atoms with van der Waals surface area (Å²) < 4.78 is 60.1. The second-order valence-corrected chi connectivity index (χ2v) is 9.59. The number of hydrogen-bond donors (Lipinski definition) is 1. The number of nitrogens with zero attached hydrogens (tertiary/aromatic N) is 3. The molecule has 0 saturated carbocycles. The van der Waals surface area contributed by atoms with Crippen molar-refractivity contribution >= 4 is 26.8 Å². The first-order valence-electron chi connectivity index (χ1n) is 10.9. The number of methoxy groups -OCH3 is 2. The molecule has 0 aliphatic rings. The standard InChI is InChI=1S/C25H25FN4O5S/c1-30(12-11-17-7-5-4-6-8-17)36(31,32)29-18-9-10-22(20(26)13-18)35-25-19-14-23(33-2)24(34-3)15-21(19)27-16-28-25/h4-10,13-16,29H,11-12H2,1-3H3. The molecule has 0 aliphatic carbocycles. The minimum atomic E-state index is -3.89. The fourth-order valence-corrected chi connectivity index (χ4v) is 4.38. The van der Waals surface area contributed by atoms with Gasteiger partial charge in [-0.3, -0.25) is 4.72 Å². The molecule has 0 amide bonds. The molecule has 3 aromatic carbocycles. The van der Waals surface area contributed by atoms with Gasteiger partial charge in [0, 0.05) is 25.7 Å². The minimum Gasteiger partial charge on any atom is -0.493 e. The molecule has 4 rings (SSSR count). The summed E-state index contributed by atoms with van der Waals surface area (Å²) in [5.41, 5.74) is 1.59. The van der Waals surface area contributed by atoms with Crippen LogP contribution in [0.4, 0.5) is 10.1 Å². The molecular formula is C25H25FN4O5S. The molecule has 0 unspecified atom stereocenters. The van der Waals surface area contributed by atoms with E-state index in [1.54, 1.807) is 12.1 Å². The summed E-state index contributed by atoms with van der Waals surface area (Å²) in [5, 5.41) is 0.486. The lowest BCUT2D eigenvalue weighted by Gasteiger charge is -2.18. The van der Waals surface area contributed by atoms with Gasteiger partial charge in [0.15, 0.2) is 23.1 Å². The Labute approximate surface area is 208 Å². The smallest absolute Gasteiger partial charge is 0.301 e. The molecule has 0 fully saturated rings. The Hall–Kier alpha value is -3.96. The maximum atomic E-state index is 14.9. The van der Waals surface area contributed by atoms with Crippen molar-refractivity contribution in [2.45, 2.75) is 6.42 Å². The van der Waals surface area contributed by atoms with Crippen LogP contribution in [0, 0.1) is 5.82 Å². The summed E-state index contributed by atoms with van der Waals surface area (Å²) in [6, 6.07) is 16.6. The molecular weight excluding hydrogens is 487 g/mol. The van der Waals surface area contributed by atoms with Crippen LogP contribution >= 0.6 is 0 Å². The molecule has 11 heteroatoms. The van der Waals surface area contributed by atoms with E-state index in [4.69, 9.17) is 14.2 Å². The monoisotopic (exact) mass is 512 g/mol. The van der Waals surface area contributed by atoms with Crippen LogP contribution < -0.4 is 18.9 Å². The number of hydrogen-bond acceptors (Lipinski definition) is 7. The third kappa shape index (κ3) is 5.64. The molecule has 1 heterocycles. The van der Waals surface area contributed by atoms with Gasteiger partial charge in [-0.05, 0) is 30.2 Å². The number of rotatable bonds is 10. The fourth-order valence-electron chi connectivity index (χ4n) is 3.47. The van der Waals surface area contributed by atoms with E-state index < -0.39 is 16.0 Å². The second kappa shape index (κ2) is 10.8. The zero-order valence-corrected chi connectivity index (χ0v) is 20.8. The van der Waals surface area contributed by atoms with Gasteiger partial charge in [0.2, 0.25) is 5.88 Å². The van der Waals surface area contributed by atoms with Crippen molar-refractivity contribution in [3.05, 3.63) is 78.4 Å². The largest absolute Gasteiger partial charge is 0.493 e. The number of likely N-dealkylation sites (N-methyl/N-ethyl adjacent to an activating group) is 1. The Kier molecular flexibility index (Phi) is 7.51. The summed E-state index contributed by atoms with van der Waals surface area (Å²) >= 11 is 0. The van der Waals surface area contributed by atoms with Crippen LogP contribution in [0.2, 0.25) is 0 Å². The van der Waals surface area contributed by atoms with E-state index in [9.17, 15) is 12.8 Å². The van der Waals surface area contributed by atoms with E-state index in [2.05, 4.69) is 14.7 Å². The lowest BCUT2D eigenvalue weighted by molar-refractivity contribution is 0.355. The van der Waals surface area contributed by atoms with Crippen LogP contribution in [-0.2, 0) is 16.6 Å². The van der Waals surface area contributed by atoms with Crippen molar-refractivity contribution in [3.63, 3.8) is 0 Å². The number of halogens is 1. The zero-order chi connectivity index (χ0) is 25.7. The predicted molar refractivity (Wildman–Crippen MR) is 134 cm³/mol. The van der Waals surface area contributed by atoms with Gasteiger partial charge < -0.3 is 14.2 Å².